The second-order valence-electron chi connectivity index (χ2n) is 8.32. The van der Waals surface area contributed by atoms with Crippen molar-refractivity contribution >= 4 is 51.9 Å². The van der Waals surface area contributed by atoms with Crippen LogP contribution in [-0.4, -0.2) is 16.9 Å². The van der Waals surface area contributed by atoms with Gasteiger partial charge in [-0.3, -0.25) is 24.6 Å². The Morgan fingerprint density at radius 3 is 2.31 bits per heavy atom. The molecular weight excluding hydrogens is 476 g/mol. The number of amides is 2. The zero-order valence-corrected chi connectivity index (χ0v) is 20.2. The summed E-state index contributed by atoms with van der Waals surface area (Å²) in [6, 6.07) is 19.5. The number of benzene rings is 3. The molecule has 3 aromatic carbocycles. The fraction of sp³-hybridized carbons (Fsp3) is 0.0714. The lowest BCUT2D eigenvalue weighted by Gasteiger charge is -2.29. The summed E-state index contributed by atoms with van der Waals surface area (Å²) in [6.07, 6.45) is 2.49. The first-order valence-electron chi connectivity index (χ1n) is 11.1. The highest BCUT2D eigenvalue weighted by atomic mass is 32.1. The topological polar surface area (TPSA) is 88.8 Å². The van der Waals surface area contributed by atoms with Crippen molar-refractivity contribution < 1.29 is 18.7 Å². The third-order valence-electron chi connectivity index (χ3n) is 5.89. The van der Waals surface area contributed by atoms with E-state index in [0.29, 0.717) is 28.2 Å². The number of thiocarbonyl (C=S) groups is 1. The van der Waals surface area contributed by atoms with E-state index < -0.39 is 11.8 Å². The van der Waals surface area contributed by atoms with Crippen LogP contribution in [0, 0.1) is 13.8 Å². The molecule has 2 amide bonds. The van der Waals surface area contributed by atoms with E-state index in [2.05, 4.69) is 5.32 Å². The maximum atomic E-state index is 13.3. The lowest BCUT2D eigenvalue weighted by molar-refractivity contribution is -0.122. The molecule has 0 bridgehead atoms. The molecule has 1 aliphatic heterocycles. The second-order valence-corrected chi connectivity index (χ2v) is 8.71. The van der Waals surface area contributed by atoms with Gasteiger partial charge in [-0.25, -0.2) is 0 Å². The number of hydrogen-bond acceptors (Lipinski definition) is 6. The average Bonchev–Trinajstić information content (AvgIpc) is 2.86. The van der Waals surface area contributed by atoms with Crippen LogP contribution in [-0.2, 0) is 9.59 Å². The maximum Gasteiger partial charge on any atom is 0.270 e. The van der Waals surface area contributed by atoms with Gasteiger partial charge in [-0.2, -0.15) is 0 Å². The first-order chi connectivity index (χ1) is 17.3. The van der Waals surface area contributed by atoms with Gasteiger partial charge in [0, 0.05) is 0 Å². The zero-order chi connectivity index (χ0) is 25.4. The van der Waals surface area contributed by atoms with Gasteiger partial charge in [-0.05, 0) is 91.8 Å². The average molecular weight is 497 g/mol. The molecule has 2 heterocycles. The maximum absolute atomic E-state index is 13.3. The Morgan fingerprint density at radius 1 is 0.917 bits per heavy atom. The highest BCUT2D eigenvalue weighted by molar-refractivity contribution is 7.80. The monoisotopic (exact) mass is 496 g/mol. The minimum atomic E-state index is -0.690. The molecule has 0 atom stereocenters. The van der Waals surface area contributed by atoms with Crippen molar-refractivity contribution in [2.75, 3.05) is 4.90 Å². The summed E-state index contributed by atoms with van der Waals surface area (Å²) in [7, 11) is 0. The molecule has 36 heavy (non-hydrogen) atoms. The first-order valence-corrected chi connectivity index (χ1v) is 11.5. The summed E-state index contributed by atoms with van der Waals surface area (Å²) in [5.41, 5.74) is 2.31. The van der Waals surface area contributed by atoms with Crippen LogP contribution in [0.2, 0.25) is 0 Å². The molecule has 8 heteroatoms. The van der Waals surface area contributed by atoms with Gasteiger partial charge < -0.3 is 9.15 Å². The molecule has 0 spiro atoms. The molecule has 4 aromatic rings. The van der Waals surface area contributed by atoms with Gasteiger partial charge in [0.05, 0.1) is 16.6 Å². The second kappa shape index (κ2) is 9.24. The smallest absolute Gasteiger partial charge is 0.270 e. The highest BCUT2D eigenvalue weighted by Crippen LogP contribution is 2.27. The Labute approximate surface area is 211 Å². The summed E-state index contributed by atoms with van der Waals surface area (Å²) < 4.78 is 11.4. The Balaban J connectivity index is 1.47. The van der Waals surface area contributed by atoms with Crippen molar-refractivity contribution in [2.45, 2.75) is 13.8 Å². The van der Waals surface area contributed by atoms with Crippen molar-refractivity contribution in [1.29, 1.82) is 0 Å². The number of ether oxygens (including phenoxy) is 1. The number of aryl methyl sites for hydroxylation is 2. The van der Waals surface area contributed by atoms with Gasteiger partial charge >= 0.3 is 0 Å². The minimum absolute atomic E-state index is 0.0597. The van der Waals surface area contributed by atoms with Crippen LogP contribution in [0.1, 0.15) is 16.7 Å². The largest absolute Gasteiger partial charge is 0.463 e. The lowest BCUT2D eigenvalue weighted by atomic mass is 10.0. The predicted molar refractivity (Wildman–Crippen MR) is 141 cm³/mol. The normalized spacial score (nSPS) is 14.9. The van der Waals surface area contributed by atoms with E-state index in [-0.39, 0.29) is 21.7 Å². The van der Waals surface area contributed by atoms with Crippen LogP contribution in [0.25, 0.3) is 17.0 Å². The fourth-order valence-electron chi connectivity index (χ4n) is 3.84. The number of rotatable bonds is 4. The van der Waals surface area contributed by atoms with Crippen molar-refractivity contribution in [3.05, 3.63) is 105 Å². The van der Waals surface area contributed by atoms with E-state index >= 15 is 0 Å². The third-order valence-corrected chi connectivity index (χ3v) is 6.18. The SMILES string of the molecule is Cc1cc2occ(C=C3C(=O)NC(=S)N(c4ccc(Oc5ccccc5)cc4)C3=O)c(=O)c2cc1C. The van der Waals surface area contributed by atoms with Gasteiger partial charge in [0.25, 0.3) is 11.8 Å². The lowest BCUT2D eigenvalue weighted by Crippen LogP contribution is -2.54. The summed E-state index contributed by atoms with van der Waals surface area (Å²) in [5, 5.41) is 2.83. The molecule has 5 rings (SSSR count). The van der Waals surface area contributed by atoms with Gasteiger partial charge in [0.1, 0.15) is 28.9 Å². The van der Waals surface area contributed by atoms with Crippen LogP contribution in [0.5, 0.6) is 11.5 Å². The molecule has 7 nitrogen and oxygen atoms in total. The molecule has 0 radical (unpaired) electrons. The molecule has 1 aliphatic rings. The van der Waals surface area contributed by atoms with Crippen molar-refractivity contribution in [1.82, 2.24) is 5.32 Å². The highest BCUT2D eigenvalue weighted by Gasteiger charge is 2.34. The van der Waals surface area contributed by atoms with Crippen LogP contribution in [0.3, 0.4) is 0 Å². The molecular formula is C28H20N2O5S. The molecule has 0 unspecified atom stereocenters. The molecule has 1 fully saturated rings. The van der Waals surface area contributed by atoms with Crippen molar-refractivity contribution in [3.8, 4) is 11.5 Å². The van der Waals surface area contributed by atoms with Crippen molar-refractivity contribution in [2.24, 2.45) is 0 Å². The van der Waals surface area contributed by atoms with E-state index in [9.17, 15) is 14.4 Å². The molecule has 0 aliphatic carbocycles. The standard InChI is InChI=1S/C28H20N2O5S/c1-16-12-22-24(13-17(16)2)34-15-18(25(22)31)14-23-26(32)29-28(36)30(27(23)33)19-8-10-21(11-9-19)35-20-6-4-3-5-7-20/h3-15H,1-2H3,(H,29,32,36). The number of carbonyl (C=O) groups is 2. The van der Waals surface area contributed by atoms with E-state index in [1.54, 1.807) is 36.4 Å². The molecule has 1 N–H and O–H groups in total. The fourth-order valence-corrected chi connectivity index (χ4v) is 4.12. The Hall–Kier alpha value is -4.56. The van der Waals surface area contributed by atoms with Gasteiger partial charge in [0.2, 0.25) is 0 Å². The quantitative estimate of drug-likeness (QED) is 0.242. The number of carbonyl (C=O) groups excluding carboxylic acids is 2. The minimum Gasteiger partial charge on any atom is -0.463 e. The van der Waals surface area contributed by atoms with Crippen LogP contribution < -0.4 is 20.4 Å². The van der Waals surface area contributed by atoms with Gasteiger partial charge in [-0.1, -0.05) is 18.2 Å². The van der Waals surface area contributed by atoms with E-state index in [1.807, 2.05) is 44.2 Å². The first kappa shape index (κ1) is 23.2. The van der Waals surface area contributed by atoms with E-state index in [1.165, 1.54) is 17.2 Å². The summed E-state index contributed by atoms with van der Waals surface area (Å²) in [6.45, 7) is 3.82. The number of nitrogens with zero attached hydrogens (tertiary/aromatic N) is 1. The Kier molecular flexibility index (Phi) is 5.95. The Bertz CT molecular complexity index is 1620. The number of para-hydroxylation sites is 1. The molecule has 178 valence electrons. The number of hydrogen-bond donors (Lipinski definition) is 1. The third kappa shape index (κ3) is 4.30. The number of anilines is 1. The molecule has 1 saturated heterocycles. The zero-order valence-electron chi connectivity index (χ0n) is 19.4. The van der Waals surface area contributed by atoms with E-state index in [0.717, 1.165) is 11.1 Å². The Morgan fingerprint density at radius 2 is 1.58 bits per heavy atom. The van der Waals surface area contributed by atoms with E-state index in [4.69, 9.17) is 21.4 Å². The number of fused-ring (bicyclic) bond motifs is 1. The van der Waals surface area contributed by atoms with Gasteiger partial charge in [0.15, 0.2) is 10.5 Å². The predicted octanol–water partition coefficient (Wildman–Crippen LogP) is 5.03. The van der Waals surface area contributed by atoms with Crippen molar-refractivity contribution in [3.63, 3.8) is 0 Å². The molecule has 0 saturated carbocycles. The van der Waals surface area contributed by atoms with Crippen LogP contribution in [0.15, 0.2) is 87.8 Å². The summed E-state index contributed by atoms with van der Waals surface area (Å²) in [5.74, 6) is -0.101. The summed E-state index contributed by atoms with van der Waals surface area (Å²) >= 11 is 5.27. The van der Waals surface area contributed by atoms with Crippen LogP contribution >= 0.6 is 12.2 Å². The summed E-state index contributed by atoms with van der Waals surface area (Å²) in [4.78, 5) is 40.3. The van der Waals surface area contributed by atoms with Crippen LogP contribution in [0.4, 0.5) is 5.69 Å². The number of nitrogens with one attached hydrogen (secondary N) is 1. The van der Waals surface area contributed by atoms with Gasteiger partial charge in [-0.15, -0.1) is 0 Å². The molecule has 1 aromatic heterocycles.